The molecule has 0 atom stereocenters. The number of carbonyl (C=O) groups excluding carboxylic acids is 1. The number of aromatic nitrogens is 2. The van der Waals surface area contributed by atoms with Gasteiger partial charge in [0.25, 0.3) is 5.91 Å². The molecule has 0 unspecified atom stereocenters. The smallest absolute Gasteiger partial charge is 0.273 e. The van der Waals surface area contributed by atoms with E-state index in [2.05, 4.69) is 29.1 Å². The number of hydrogen-bond donors (Lipinski definition) is 1. The molecule has 1 aromatic rings. The van der Waals surface area contributed by atoms with Gasteiger partial charge in [0, 0.05) is 20.1 Å². The summed E-state index contributed by atoms with van der Waals surface area (Å²) in [6.45, 7) is 5.80. The molecule has 1 heterocycles. The largest absolute Gasteiger partial charge is 0.369 e. The van der Waals surface area contributed by atoms with Crippen molar-refractivity contribution in [1.82, 2.24) is 14.9 Å². The molecule has 1 rings (SSSR count). The van der Waals surface area contributed by atoms with Gasteiger partial charge in [0.15, 0.2) is 0 Å². The summed E-state index contributed by atoms with van der Waals surface area (Å²) in [4.78, 5) is 22.0. The Morgan fingerprint density at radius 2 is 2.06 bits per heavy atom. The zero-order valence-electron chi connectivity index (χ0n) is 11.4. The lowest BCUT2D eigenvalue weighted by atomic mass is 10.3. The van der Waals surface area contributed by atoms with Crippen LogP contribution in [0.4, 0.5) is 5.82 Å². The molecule has 0 fully saturated rings. The van der Waals surface area contributed by atoms with E-state index in [4.69, 9.17) is 0 Å². The Morgan fingerprint density at radius 1 is 1.28 bits per heavy atom. The topological polar surface area (TPSA) is 58.1 Å². The normalized spacial score (nSPS) is 10.2. The van der Waals surface area contributed by atoms with Gasteiger partial charge in [-0.2, -0.15) is 0 Å². The van der Waals surface area contributed by atoms with Gasteiger partial charge in [-0.05, 0) is 12.8 Å². The molecule has 0 aliphatic carbocycles. The van der Waals surface area contributed by atoms with E-state index in [1.807, 2.05) is 0 Å². The molecule has 1 amide bonds. The zero-order chi connectivity index (χ0) is 13.4. The number of hydrogen-bond acceptors (Lipinski definition) is 4. The van der Waals surface area contributed by atoms with Crippen LogP contribution in [-0.4, -0.2) is 40.9 Å². The maximum atomic E-state index is 12.0. The van der Waals surface area contributed by atoms with E-state index >= 15 is 0 Å². The number of anilines is 1. The summed E-state index contributed by atoms with van der Waals surface area (Å²) in [5.41, 5.74) is 0.399. The molecule has 0 bridgehead atoms. The number of carbonyl (C=O) groups is 1. The molecule has 5 heteroatoms. The van der Waals surface area contributed by atoms with Crippen molar-refractivity contribution in [3.8, 4) is 0 Å². The fraction of sp³-hybridized carbons (Fsp3) is 0.615. The highest BCUT2D eigenvalue weighted by Crippen LogP contribution is 2.04. The van der Waals surface area contributed by atoms with Gasteiger partial charge in [-0.25, -0.2) is 9.97 Å². The van der Waals surface area contributed by atoms with Crippen LogP contribution < -0.4 is 5.32 Å². The Morgan fingerprint density at radius 3 is 2.61 bits per heavy atom. The summed E-state index contributed by atoms with van der Waals surface area (Å²) < 4.78 is 0. The quantitative estimate of drug-likeness (QED) is 0.805. The fourth-order valence-electron chi connectivity index (χ4n) is 1.48. The first-order valence-corrected chi connectivity index (χ1v) is 6.50. The van der Waals surface area contributed by atoms with Crippen molar-refractivity contribution >= 4 is 11.7 Å². The number of amides is 1. The van der Waals surface area contributed by atoms with Crippen molar-refractivity contribution in [2.24, 2.45) is 0 Å². The molecule has 0 aromatic carbocycles. The highest BCUT2D eigenvalue weighted by atomic mass is 16.2. The molecule has 0 radical (unpaired) electrons. The number of unbranched alkanes of at least 4 members (excludes halogenated alkanes) is 1. The Bertz CT molecular complexity index is 364. The van der Waals surface area contributed by atoms with Crippen molar-refractivity contribution < 1.29 is 4.79 Å². The van der Waals surface area contributed by atoms with Crippen LogP contribution in [0.3, 0.4) is 0 Å². The molecule has 0 spiro atoms. The Balaban J connectivity index is 2.58. The average molecular weight is 250 g/mol. The minimum absolute atomic E-state index is 0.0713. The van der Waals surface area contributed by atoms with Gasteiger partial charge >= 0.3 is 0 Å². The molecule has 100 valence electrons. The summed E-state index contributed by atoms with van der Waals surface area (Å²) in [6.07, 6.45) is 6.25. The van der Waals surface area contributed by atoms with Gasteiger partial charge in [-0.1, -0.05) is 20.3 Å². The van der Waals surface area contributed by atoms with Crippen LogP contribution in [0.5, 0.6) is 0 Å². The Hall–Kier alpha value is -1.65. The maximum absolute atomic E-state index is 12.0. The van der Waals surface area contributed by atoms with E-state index in [0.717, 1.165) is 32.4 Å². The van der Waals surface area contributed by atoms with Gasteiger partial charge in [-0.3, -0.25) is 4.79 Å². The molecule has 0 saturated carbocycles. The fourth-order valence-corrected chi connectivity index (χ4v) is 1.48. The van der Waals surface area contributed by atoms with Gasteiger partial charge in [0.2, 0.25) is 0 Å². The number of rotatable bonds is 7. The predicted molar refractivity (Wildman–Crippen MR) is 72.7 cm³/mol. The molecular formula is C13H22N4O. The summed E-state index contributed by atoms with van der Waals surface area (Å²) in [6, 6.07) is 0. The standard InChI is InChI=1S/C13H22N4O/c1-4-6-8-17(3)13(18)11-9-16-12(10-15-11)14-7-5-2/h9-10H,4-8H2,1-3H3,(H,14,16). The van der Waals surface area contributed by atoms with Crippen LogP contribution in [-0.2, 0) is 0 Å². The molecule has 1 N–H and O–H groups in total. The van der Waals surface area contributed by atoms with E-state index < -0.39 is 0 Å². The van der Waals surface area contributed by atoms with Crippen molar-refractivity contribution in [3.63, 3.8) is 0 Å². The van der Waals surface area contributed by atoms with E-state index in [-0.39, 0.29) is 5.91 Å². The first-order valence-electron chi connectivity index (χ1n) is 6.50. The van der Waals surface area contributed by atoms with Gasteiger partial charge < -0.3 is 10.2 Å². The van der Waals surface area contributed by atoms with Crippen LogP contribution >= 0.6 is 0 Å². The van der Waals surface area contributed by atoms with Crippen molar-refractivity contribution in [2.75, 3.05) is 25.5 Å². The SMILES string of the molecule is CCCCN(C)C(=O)c1cnc(NCCC)cn1. The maximum Gasteiger partial charge on any atom is 0.273 e. The summed E-state index contributed by atoms with van der Waals surface area (Å²) in [5, 5.41) is 3.13. The van der Waals surface area contributed by atoms with Crippen LogP contribution in [0.2, 0.25) is 0 Å². The molecule has 0 saturated heterocycles. The molecular weight excluding hydrogens is 228 g/mol. The first kappa shape index (κ1) is 14.4. The van der Waals surface area contributed by atoms with Gasteiger partial charge in [0.05, 0.1) is 12.4 Å². The third-order valence-electron chi connectivity index (χ3n) is 2.62. The average Bonchev–Trinajstić information content (AvgIpc) is 2.42. The Labute approximate surface area is 109 Å². The second-order valence-corrected chi connectivity index (χ2v) is 4.29. The summed E-state index contributed by atoms with van der Waals surface area (Å²) in [7, 11) is 1.79. The predicted octanol–water partition coefficient (Wildman–Crippen LogP) is 2.17. The molecule has 0 aliphatic heterocycles. The summed E-state index contributed by atoms with van der Waals surface area (Å²) >= 11 is 0. The highest BCUT2D eigenvalue weighted by molar-refractivity contribution is 5.91. The molecule has 5 nitrogen and oxygen atoms in total. The minimum atomic E-state index is -0.0713. The Kier molecular flexibility index (Phi) is 6.11. The first-order chi connectivity index (χ1) is 8.69. The third-order valence-corrected chi connectivity index (χ3v) is 2.62. The number of nitrogens with zero attached hydrogens (tertiary/aromatic N) is 3. The van der Waals surface area contributed by atoms with Gasteiger partial charge in [0.1, 0.15) is 11.5 Å². The lowest BCUT2D eigenvalue weighted by Gasteiger charge is -2.15. The van der Waals surface area contributed by atoms with Crippen LogP contribution in [0.25, 0.3) is 0 Å². The van der Waals surface area contributed by atoms with Crippen molar-refractivity contribution in [1.29, 1.82) is 0 Å². The highest BCUT2D eigenvalue weighted by Gasteiger charge is 2.12. The second kappa shape index (κ2) is 7.63. The molecule has 18 heavy (non-hydrogen) atoms. The van der Waals surface area contributed by atoms with Crippen LogP contribution in [0.15, 0.2) is 12.4 Å². The third kappa shape index (κ3) is 4.31. The summed E-state index contributed by atoms with van der Waals surface area (Å²) in [5.74, 6) is 0.641. The van der Waals surface area contributed by atoms with Crippen LogP contribution in [0, 0.1) is 0 Å². The van der Waals surface area contributed by atoms with E-state index in [0.29, 0.717) is 11.5 Å². The second-order valence-electron chi connectivity index (χ2n) is 4.29. The van der Waals surface area contributed by atoms with Gasteiger partial charge in [-0.15, -0.1) is 0 Å². The van der Waals surface area contributed by atoms with Crippen LogP contribution in [0.1, 0.15) is 43.6 Å². The van der Waals surface area contributed by atoms with E-state index in [1.165, 1.54) is 6.20 Å². The molecule has 0 aliphatic rings. The van der Waals surface area contributed by atoms with E-state index in [1.54, 1.807) is 18.1 Å². The number of nitrogens with one attached hydrogen (secondary N) is 1. The monoisotopic (exact) mass is 250 g/mol. The molecule has 1 aromatic heterocycles. The van der Waals surface area contributed by atoms with Crippen molar-refractivity contribution in [3.05, 3.63) is 18.1 Å². The zero-order valence-corrected chi connectivity index (χ0v) is 11.4. The lowest BCUT2D eigenvalue weighted by Crippen LogP contribution is -2.28. The lowest BCUT2D eigenvalue weighted by molar-refractivity contribution is 0.0787. The van der Waals surface area contributed by atoms with Crippen molar-refractivity contribution in [2.45, 2.75) is 33.1 Å². The minimum Gasteiger partial charge on any atom is -0.369 e. The van der Waals surface area contributed by atoms with E-state index in [9.17, 15) is 4.79 Å².